The molecule has 0 aliphatic carbocycles. The first kappa shape index (κ1) is 15.6. The molecule has 0 aliphatic heterocycles. The highest BCUT2D eigenvalue weighted by molar-refractivity contribution is 7.54. The van der Waals surface area contributed by atoms with Crippen molar-refractivity contribution in [1.82, 2.24) is 5.32 Å². The van der Waals surface area contributed by atoms with Gasteiger partial charge < -0.3 is 19.5 Å². The van der Waals surface area contributed by atoms with Crippen molar-refractivity contribution in [3.05, 3.63) is 0 Å². The van der Waals surface area contributed by atoms with E-state index in [9.17, 15) is 14.5 Å². The van der Waals surface area contributed by atoms with Crippen LogP contribution in [-0.4, -0.2) is 37.1 Å². The third-order valence-corrected chi connectivity index (χ3v) is 4.34. The van der Waals surface area contributed by atoms with Crippen LogP contribution in [-0.2, 0) is 18.4 Å². The first-order chi connectivity index (χ1) is 7.28. The molecule has 0 rings (SSSR count). The van der Waals surface area contributed by atoms with E-state index >= 15 is 0 Å². The second-order valence-electron chi connectivity index (χ2n) is 3.78. The molecule has 7 heteroatoms. The smallest absolute Gasteiger partial charge is 0.354 e. The molecule has 0 aromatic heterocycles. The van der Waals surface area contributed by atoms with E-state index in [0.29, 0.717) is 0 Å². The summed E-state index contributed by atoms with van der Waals surface area (Å²) < 4.78 is 21.7. The van der Waals surface area contributed by atoms with Gasteiger partial charge in [0, 0.05) is 21.1 Å². The maximum Gasteiger partial charge on any atom is 0.354 e. The molecule has 0 saturated carbocycles. The molecule has 0 heterocycles. The van der Waals surface area contributed by atoms with Crippen molar-refractivity contribution in [2.75, 3.05) is 14.2 Å². The predicted molar refractivity (Wildman–Crippen MR) is 60.1 cm³/mol. The summed E-state index contributed by atoms with van der Waals surface area (Å²) in [6.45, 7) is 4.76. The first-order valence-electron chi connectivity index (χ1n) is 4.94. The number of rotatable bonds is 6. The normalized spacial score (nSPS) is 15.9. The molecule has 2 N–H and O–H groups in total. The Balaban J connectivity index is 5.06. The molecule has 1 amide bonds. The van der Waals surface area contributed by atoms with Gasteiger partial charge in [0.05, 0.1) is 6.10 Å². The summed E-state index contributed by atoms with van der Waals surface area (Å²) in [4.78, 5) is 11.0. The Labute approximate surface area is 95.9 Å². The molecular weight excluding hydrogens is 233 g/mol. The Morgan fingerprint density at radius 2 is 1.75 bits per heavy atom. The minimum atomic E-state index is -3.54. The van der Waals surface area contributed by atoms with Gasteiger partial charge in [0.25, 0.3) is 0 Å². The van der Waals surface area contributed by atoms with Crippen molar-refractivity contribution in [3.63, 3.8) is 0 Å². The molecule has 0 bridgehead atoms. The maximum atomic E-state index is 12.1. The summed E-state index contributed by atoms with van der Waals surface area (Å²) in [6.07, 6.45) is -1.00. The van der Waals surface area contributed by atoms with Crippen LogP contribution in [0.4, 0.5) is 0 Å². The molecular formula is C9H20NO5P. The zero-order valence-electron chi connectivity index (χ0n) is 10.3. The van der Waals surface area contributed by atoms with Crippen LogP contribution >= 0.6 is 7.60 Å². The third kappa shape index (κ3) is 3.87. The fraction of sp³-hybridized carbons (Fsp3) is 0.889. The largest absolute Gasteiger partial charge is 0.390 e. The van der Waals surface area contributed by atoms with E-state index in [0.717, 1.165) is 0 Å². The summed E-state index contributed by atoms with van der Waals surface area (Å²) in [5.41, 5.74) is 0. The van der Waals surface area contributed by atoms with Crippen LogP contribution in [0.15, 0.2) is 0 Å². The number of aliphatic hydroxyl groups excluding tert-OH is 1. The molecule has 0 aliphatic rings. The predicted octanol–water partition coefficient (Wildman–Crippen LogP) is 0.951. The summed E-state index contributed by atoms with van der Waals surface area (Å²) >= 11 is 0. The van der Waals surface area contributed by atoms with Crippen LogP contribution in [0, 0.1) is 5.92 Å². The number of hydrogen-bond acceptors (Lipinski definition) is 5. The van der Waals surface area contributed by atoms with Crippen molar-refractivity contribution in [2.24, 2.45) is 5.92 Å². The highest BCUT2D eigenvalue weighted by atomic mass is 31.2. The van der Waals surface area contributed by atoms with Gasteiger partial charge in [-0.1, -0.05) is 13.8 Å². The van der Waals surface area contributed by atoms with Gasteiger partial charge in [-0.3, -0.25) is 9.36 Å². The molecule has 0 unspecified atom stereocenters. The van der Waals surface area contributed by atoms with Gasteiger partial charge in [0.2, 0.25) is 5.91 Å². The van der Waals surface area contributed by atoms with E-state index in [1.54, 1.807) is 13.8 Å². The molecule has 0 saturated heterocycles. The van der Waals surface area contributed by atoms with Crippen LogP contribution in [0.1, 0.15) is 20.8 Å². The van der Waals surface area contributed by atoms with Crippen molar-refractivity contribution in [3.8, 4) is 0 Å². The standard InChI is InChI=1S/C9H20NO5P/c1-6(2)8(12)9(10-7(3)11)16(13,14-4)15-5/h6,8-9,12H,1-5H3,(H,10,11)/t8-,9+/m0/s1. The van der Waals surface area contributed by atoms with Gasteiger partial charge in [-0.2, -0.15) is 0 Å². The lowest BCUT2D eigenvalue weighted by molar-refractivity contribution is -0.120. The molecule has 2 atom stereocenters. The van der Waals surface area contributed by atoms with Crippen LogP contribution in [0.5, 0.6) is 0 Å². The monoisotopic (exact) mass is 253 g/mol. The summed E-state index contributed by atoms with van der Waals surface area (Å²) in [5, 5.41) is 12.3. The van der Waals surface area contributed by atoms with Crippen LogP contribution in [0.2, 0.25) is 0 Å². The minimum absolute atomic E-state index is 0.185. The SMILES string of the molecule is COP(=O)(OC)[C@@H](NC(C)=O)[C@@H](O)C(C)C. The molecule has 96 valence electrons. The summed E-state index contributed by atoms with van der Waals surface area (Å²) in [7, 11) is -1.11. The lowest BCUT2D eigenvalue weighted by atomic mass is 10.1. The van der Waals surface area contributed by atoms with Crippen molar-refractivity contribution < 1.29 is 23.5 Å². The number of aliphatic hydroxyl groups is 1. The van der Waals surface area contributed by atoms with E-state index < -0.39 is 25.4 Å². The fourth-order valence-corrected chi connectivity index (χ4v) is 2.89. The first-order valence-corrected chi connectivity index (χ1v) is 6.56. The Kier molecular flexibility index (Phi) is 6.18. The zero-order chi connectivity index (χ0) is 12.9. The number of amides is 1. The van der Waals surface area contributed by atoms with Gasteiger partial charge in [0.15, 0.2) is 5.78 Å². The lowest BCUT2D eigenvalue weighted by Crippen LogP contribution is -2.45. The van der Waals surface area contributed by atoms with Gasteiger partial charge >= 0.3 is 7.60 Å². The second-order valence-corrected chi connectivity index (χ2v) is 6.15. The van der Waals surface area contributed by atoms with Gasteiger partial charge in [-0.15, -0.1) is 0 Å². The van der Waals surface area contributed by atoms with Crippen LogP contribution in [0.25, 0.3) is 0 Å². The zero-order valence-corrected chi connectivity index (χ0v) is 11.2. The Bertz CT molecular complexity index is 273. The Morgan fingerprint density at radius 1 is 1.31 bits per heavy atom. The quantitative estimate of drug-likeness (QED) is 0.688. The Morgan fingerprint density at radius 3 is 2.00 bits per heavy atom. The van der Waals surface area contributed by atoms with Gasteiger partial charge in [-0.05, 0) is 5.92 Å². The molecule has 0 aromatic rings. The molecule has 0 spiro atoms. The fourth-order valence-electron chi connectivity index (χ4n) is 1.23. The number of hydrogen-bond donors (Lipinski definition) is 2. The van der Waals surface area contributed by atoms with Crippen LogP contribution in [0.3, 0.4) is 0 Å². The molecule has 0 radical (unpaired) electrons. The Hall–Kier alpha value is -0.420. The molecule has 0 aromatic carbocycles. The van der Waals surface area contributed by atoms with E-state index in [-0.39, 0.29) is 5.92 Å². The molecule has 16 heavy (non-hydrogen) atoms. The summed E-state index contributed by atoms with van der Waals surface area (Å²) in [6, 6.07) is 0. The summed E-state index contributed by atoms with van der Waals surface area (Å²) in [5.74, 6) is -1.64. The number of carbonyl (C=O) groups excluding carboxylic acids is 1. The second kappa shape index (κ2) is 6.35. The lowest BCUT2D eigenvalue weighted by Gasteiger charge is -2.30. The topological polar surface area (TPSA) is 84.9 Å². The number of carbonyl (C=O) groups is 1. The van der Waals surface area contributed by atoms with Crippen molar-refractivity contribution >= 4 is 13.5 Å². The van der Waals surface area contributed by atoms with E-state index in [4.69, 9.17) is 9.05 Å². The van der Waals surface area contributed by atoms with E-state index in [1.165, 1.54) is 21.1 Å². The van der Waals surface area contributed by atoms with Crippen molar-refractivity contribution in [2.45, 2.75) is 32.7 Å². The maximum absolute atomic E-state index is 12.1. The minimum Gasteiger partial charge on any atom is -0.390 e. The van der Waals surface area contributed by atoms with Gasteiger partial charge in [0.1, 0.15) is 0 Å². The molecule has 6 nitrogen and oxygen atoms in total. The van der Waals surface area contributed by atoms with Crippen LogP contribution < -0.4 is 5.32 Å². The third-order valence-electron chi connectivity index (χ3n) is 2.21. The van der Waals surface area contributed by atoms with Crippen molar-refractivity contribution in [1.29, 1.82) is 0 Å². The van der Waals surface area contributed by atoms with Gasteiger partial charge in [-0.25, -0.2) is 0 Å². The highest BCUT2D eigenvalue weighted by Crippen LogP contribution is 2.52. The average Bonchev–Trinajstić information content (AvgIpc) is 2.23. The highest BCUT2D eigenvalue weighted by Gasteiger charge is 2.41. The van der Waals surface area contributed by atoms with E-state index in [1.807, 2.05) is 0 Å². The molecule has 0 fully saturated rings. The number of nitrogens with one attached hydrogen (secondary N) is 1. The van der Waals surface area contributed by atoms with E-state index in [2.05, 4.69) is 5.32 Å². The average molecular weight is 253 g/mol.